The zero-order valence-corrected chi connectivity index (χ0v) is 9.15. The lowest BCUT2D eigenvalue weighted by molar-refractivity contribution is -0.120. The number of hydrogen-bond donors (Lipinski definition) is 1. The van der Waals surface area contributed by atoms with Crippen molar-refractivity contribution in [1.29, 1.82) is 0 Å². The van der Waals surface area contributed by atoms with Crippen molar-refractivity contribution in [2.45, 2.75) is 19.3 Å². The summed E-state index contributed by atoms with van der Waals surface area (Å²) < 4.78 is 0. The second kappa shape index (κ2) is 10.3. The fourth-order valence-electron chi connectivity index (χ4n) is 0.843. The quantitative estimate of drug-likeness (QED) is 0.359. The molecule has 0 aromatic heterocycles. The molecule has 0 heterocycles. The van der Waals surface area contributed by atoms with Gasteiger partial charge in [0.05, 0.1) is 0 Å². The summed E-state index contributed by atoms with van der Waals surface area (Å²) in [6.45, 7) is 4.05. The topological polar surface area (TPSA) is 46.2 Å². The predicted octanol–water partition coefficient (Wildman–Crippen LogP) is 1.39. The van der Waals surface area contributed by atoms with Crippen molar-refractivity contribution in [3.05, 3.63) is 12.7 Å². The number of aldehydes is 1. The van der Waals surface area contributed by atoms with Crippen molar-refractivity contribution in [2.24, 2.45) is 0 Å². The van der Waals surface area contributed by atoms with Gasteiger partial charge in [-0.3, -0.25) is 4.79 Å². The number of hydrogen-bond acceptors (Lipinski definition) is 3. The highest BCUT2D eigenvalue weighted by Crippen LogP contribution is 2.05. The van der Waals surface area contributed by atoms with Crippen LogP contribution in [0.2, 0.25) is 0 Å². The Morgan fingerprint density at radius 3 is 2.86 bits per heavy atom. The minimum Gasteiger partial charge on any atom is -0.353 e. The van der Waals surface area contributed by atoms with Crippen LogP contribution in [-0.4, -0.2) is 30.2 Å². The van der Waals surface area contributed by atoms with Gasteiger partial charge in [-0.25, -0.2) is 0 Å². The van der Waals surface area contributed by atoms with E-state index in [1.165, 1.54) is 0 Å². The lowest BCUT2D eigenvalue weighted by atomic mass is 10.3. The van der Waals surface area contributed by atoms with Gasteiger partial charge in [-0.1, -0.05) is 6.08 Å². The third kappa shape index (κ3) is 9.32. The van der Waals surface area contributed by atoms with E-state index in [1.54, 1.807) is 17.8 Å². The highest BCUT2D eigenvalue weighted by Gasteiger charge is 1.98. The average Bonchev–Trinajstić information content (AvgIpc) is 2.20. The monoisotopic (exact) mass is 215 g/mol. The first kappa shape index (κ1) is 13.2. The Kier molecular flexibility index (Phi) is 9.74. The number of amides is 1. The van der Waals surface area contributed by atoms with Gasteiger partial charge in [0.2, 0.25) is 5.91 Å². The molecule has 3 nitrogen and oxygen atoms in total. The number of carbonyl (C=O) groups is 2. The Hall–Kier alpha value is -0.770. The summed E-state index contributed by atoms with van der Waals surface area (Å²) in [5.41, 5.74) is 0. The number of nitrogens with one attached hydrogen (secondary N) is 1. The Bertz CT molecular complexity index is 183. The maximum absolute atomic E-state index is 11.1. The molecule has 0 fully saturated rings. The largest absolute Gasteiger partial charge is 0.353 e. The maximum atomic E-state index is 11.1. The van der Waals surface area contributed by atoms with Gasteiger partial charge in [-0.05, 0) is 17.9 Å². The van der Waals surface area contributed by atoms with Crippen LogP contribution in [0.25, 0.3) is 0 Å². The normalized spacial score (nSPS) is 9.43. The SMILES string of the molecule is C=CCNC(=O)CCCSCCC=O. The van der Waals surface area contributed by atoms with Crippen LogP contribution in [-0.2, 0) is 9.59 Å². The molecule has 0 atom stereocenters. The maximum Gasteiger partial charge on any atom is 0.220 e. The van der Waals surface area contributed by atoms with E-state index >= 15 is 0 Å². The molecule has 0 unspecified atom stereocenters. The molecule has 0 radical (unpaired) electrons. The van der Waals surface area contributed by atoms with Crippen LogP contribution < -0.4 is 5.32 Å². The van der Waals surface area contributed by atoms with Gasteiger partial charge in [-0.15, -0.1) is 6.58 Å². The summed E-state index contributed by atoms with van der Waals surface area (Å²) in [6.07, 6.45) is 4.61. The molecule has 0 bridgehead atoms. The summed E-state index contributed by atoms with van der Waals surface area (Å²) in [4.78, 5) is 21.0. The molecule has 0 aromatic rings. The van der Waals surface area contributed by atoms with E-state index in [0.717, 1.165) is 24.2 Å². The smallest absolute Gasteiger partial charge is 0.220 e. The number of thioether (sulfide) groups is 1. The minimum atomic E-state index is 0.0703. The highest BCUT2D eigenvalue weighted by molar-refractivity contribution is 7.99. The molecule has 0 rings (SSSR count). The van der Waals surface area contributed by atoms with Gasteiger partial charge in [0.15, 0.2) is 0 Å². The fraction of sp³-hybridized carbons (Fsp3) is 0.600. The van der Waals surface area contributed by atoms with Crippen LogP contribution in [0.3, 0.4) is 0 Å². The number of rotatable bonds is 9. The highest BCUT2D eigenvalue weighted by atomic mass is 32.2. The van der Waals surface area contributed by atoms with E-state index in [9.17, 15) is 9.59 Å². The van der Waals surface area contributed by atoms with Crippen LogP contribution in [0.4, 0.5) is 0 Å². The Balaban J connectivity index is 3.14. The van der Waals surface area contributed by atoms with Gasteiger partial charge >= 0.3 is 0 Å². The Labute approximate surface area is 89.3 Å². The summed E-state index contributed by atoms with van der Waals surface area (Å²) >= 11 is 1.71. The van der Waals surface area contributed by atoms with Gasteiger partial charge in [0.25, 0.3) is 0 Å². The predicted molar refractivity (Wildman–Crippen MR) is 60.4 cm³/mol. The molecule has 0 aliphatic carbocycles. The Morgan fingerprint density at radius 2 is 2.21 bits per heavy atom. The summed E-state index contributed by atoms with van der Waals surface area (Å²) in [7, 11) is 0. The zero-order chi connectivity index (χ0) is 10.6. The summed E-state index contributed by atoms with van der Waals surface area (Å²) in [6, 6.07) is 0. The van der Waals surface area contributed by atoms with E-state index in [0.29, 0.717) is 19.4 Å². The van der Waals surface area contributed by atoms with Crippen molar-refractivity contribution in [1.82, 2.24) is 5.32 Å². The average molecular weight is 215 g/mol. The van der Waals surface area contributed by atoms with Crippen molar-refractivity contribution in [3.8, 4) is 0 Å². The molecular formula is C10H17NO2S. The third-order valence-corrected chi connectivity index (χ3v) is 2.62. The van der Waals surface area contributed by atoms with Crippen LogP contribution in [0.15, 0.2) is 12.7 Å². The molecule has 0 aliphatic heterocycles. The zero-order valence-electron chi connectivity index (χ0n) is 8.33. The Morgan fingerprint density at radius 1 is 1.43 bits per heavy atom. The number of carbonyl (C=O) groups excluding carboxylic acids is 2. The third-order valence-electron chi connectivity index (χ3n) is 1.52. The van der Waals surface area contributed by atoms with E-state index in [1.807, 2.05) is 0 Å². The van der Waals surface area contributed by atoms with E-state index in [4.69, 9.17) is 0 Å². The van der Waals surface area contributed by atoms with E-state index < -0.39 is 0 Å². The van der Waals surface area contributed by atoms with Crippen LogP contribution in [0.1, 0.15) is 19.3 Å². The van der Waals surface area contributed by atoms with E-state index in [-0.39, 0.29) is 5.91 Å². The van der Waals surface area contributed by atoms with E-state index in [2.05, 4.69) is 11.9 Å². The van der Waals surface area contributed by atoms with Crippen molar-refractivity contribution < 1.29 is 9.59 Å². The standard InChI is InChI=1S/C10H17NO2S/c1-2-6-11-10(13)5-3-8-14-9-4-7-12/h2,7H,1,3-6,8-9H2,(H,11,13). The van der Waals surface area contributed by atoms with Gasteiger partial charge in [0, 0.05) is 19.4 Å². The first-order valence-corrected chi connectivity index (χ1v) is 5.85. The summed E-state index contributed by atoms with van der Waals surface area (Å²) in [5.74, 6) is 1.87. The van der Waals surface area contributed by atoms with Crippen molar-refractivity contribution in [3.63, 3.8) is 0 Å². The fourth-order valence-corrected chi connectivity index (χ4v) is 1.66. The molecule has 0 aliphatic rings. The van der Waals surface area contributed by atoms with Crippen molar-refractivity contribution >= 4 is 24.0 Å². The molecule has 80 valence electrons. The lowest BCUT2D eigenvalue weighted by Crippen LogP contribution is -2.22. The van der Waals surface area contributed by atoms with Crippen LogP contribution in [0, 0.1) is 0 Å². The molecule has 0 spiro atoms. The van der Waals surface area contributed by atoms with Gasteiger partial charge in [0.1, 0.15) is 6.29 Å². The second-order valence-corrected chi connectivity index (χ2v) is 3.99. The molecular weight excluding hydrogens is 198 g/mol. The van der Waals surface area contributed by atoms with Gasteiger partial charge < -0.3 is 10.1 Å². The first-order chi connectivity index (χ1) is 6.81. The van der Waals surface area contributed by atoms with Crippen LogP contribution in [0.5, 0.6) is 0 Å². The molecule has 4 heteroatoms. The lowest BCUT2D eigenvalue weighted by Gasteiger charge is -2.01. The first-order valence-electron chi connectivity index (χ1n) is 4.70. The molecule has 0 saturated heterocycles. The van der Waals surface area contributed by atoms with Gasteiger partial charge in [-0.2, -0.15) is 11.8 Å². The summed E-state index contributed by atoms with van der Waals surface area (Å²) in [5, 5.41) is 2.71. The molecule has 1 amide bonds. The van der Waals surface area contributed by atoms with Crippen molar-refractivity contribution in [2.75, 3.05) is 18.1 Å². The molecule has 0 aromatic carbocycles. The minimum absolute atomic E-state index is 0.0703. The van der Waals surface area contributed by atoms with Crippen LogP contribution >= 0.6 is 11.8 Å². The second-order valence-electron chi connectivity index (χ2n) is 2.76. The molecule has 0 saturated carbocycles. The molecule has 1 N–H and O–H groups in total. The molecule has 14 heavy (non-hydrogen) atoms.